The van der Waals surface area contributed by atoms with Crippen molar-refractivity contribution < 1.29 is 9.59 Å². The van der Waals surface area contributed by atoms with Crippen LogP contribution in [0.5, 0.6) is 0 Å². The zero-order valence-corrected chi connectivity index (χ0v) is 10.9. The van der Waals surface area contributed by atoms with Gasteiger partial charge in [-0.15, -0.1) is 0 Å². The third-order valence-electron chi connectivity index (χ3n) is 4.14. The number of rotatable bonds is 2. The monoisotopic (exact) mass is 258 g/mol. The molecule has 0 aliphatic carbocycles. The Morgan fingerprint density at radius 2 is 2.00 bits per heavy atom. The molecule has 2 amide bonds. The number of imide groups is 1. The summed E-state index contributed by atoms with van der Waals surface area (Å²) in [5.74, 6) is -0.193. The predicted molar refractivity (Wildman–Crippen MR) is 71.2 cm³/mol. The van der Waals surface area contributed by atoms with Crippen LogP contribution in [0.25, 0.3) is 0 Å². The highest BCUT2D eigenvalue weighted by atomic mass is 16.2. The van der Waals surface area contributed by atoms with Gasteiger partial charge in [-0.25, -0.2) is 0 Å². The standard InChI is InChI=1S/C15H18N2O2/c18-13-9-15(14(19)16-13)7-4-8-17(11-15)10-12-5-2-1-3-6-12/h1-3,5-6H,4,7-11H2,(H,16,18,19)/t15-/m1/s1. The molecule has 2 saturated heterocycles. The molecule has 1 aromatic rings. The van der Waals surface area contributed by atoms with Gasteiger partial charge in [-0.05, 0) is 24.9 Å². The van der Waals surface area contributed by atoms with E-state index >= 15 is 0 Å². The van der Waals surface area contributed by atoms with Crippen molar-refractivity contribution in [1.29, 1.82) is 0 Å². The van der Waals surface area contributed by atoms with Crippen LogP contribution < -0.4 is 5.32 Å². The Bertz CT molecular complexity index is 500. The Hall–Kier alpha value is -1.68. The topological polar surface area (TPSA) is 49.4 Å². The maximum absolute atomic E-state index is 12.0. The molecule has 0 aromatic heterocycles. The van der Waals surface area contributed by atoms with Gasteiger partial charge < -0.3 is 0 Å². The lowest BCUT2D eigenvalue weighted by atomic mass is 9.78. The molecule has 2 fully saturated rings. The van der Waals surface area contributed by atoms with Gasteiger partial charge in [-0.2, -0.15) is 0 Å². The first-order valence-electron chi connectivity index (χ1n) is 6.79. The average Bonchev–Trinajstić information content (AvgIpc) is 2.65. The highest BCUT2D eigenvalue weighted by Gasteiger charge is 2.48. The van der Waals surface area contributed by atoms with Gasteiger partial charge >= 0.3 is 0 Å². The molecular formula is C15H18N2O2. The van der Waals surface area contributed by atoms with Crippen molar-refractivity contribution in [3.63, 3.8) is 0 Å². The highest BCUT2D eigenvalue weighted by Crippen LogP contribution is 2.37. The van der Waals surface area contributed by atoms with Crippen molar-refractivity contribution in [3.8, 4) is 0 Å². The number of hydrogen-bond acceptors (Lipinski definition) is 3. The second kappa shape index (κ2) is 4.78. The van der Waals surface area contributed by atoms with Gasteiger partial charge in [0.05, 0.1) is 5.41 Å². The number of nitrogens with zero attached hydrogens (tertiary/aromatic N) is 1. The van der Waals surface area contributed by atoms with E-state index in [0.29, 0.717) is 13.0 Å². The van der Waals surface area contributed by atoms with Gasteiger partial charge in [-0.1, -0.05) is 30.3 Å². The second-order valence-electron chi connectivity index (χ2n) is 5.63. The van der Waals surface area contributed by atoms with Crippen LogP contribution in [0, 0.1) is 5.41 Å². The van der Waals surface area contributed by atoms with Crippen LogP contribution in [0.4, 0.5) is 0 Å². The van der Waals surface area contributed by atoms with Gasteiger partial charge in [0.1, 0.15) is 0 Å². The third kappa shape index (κ3) is 2.40. The second-order valence-corrected chi connectivity index (χ2v) is 5.63. The first-order valence-corrected chi connectivity index (χ1v) is 6.79. The Morgan fingerprint density at radius 3 is 2.68 bits per heavy atom. The van der Waals surface area contributed by atoms with Gasteiger partial charge in [-0.3, -0.25) is 19.8 Å². The molecule has 2 aliphatic heterocycles. The molecule has 1 atom stereocenters. The summed E-state index contributed by atoms with van der Waals surface area (Å²) < 4.78 is 0. The van der Waals surface area contributed by atoms with E-state index in [1.165, 1.54) is 5.56 Å². The summed E-state index contributed by atoms with van der Waals surface area (Å²) in [5.41, 5.74) is 0.786. The fourth-order valence-electron chi connectivity index (χ4n) is 3.22. The molecule has 0 unspecified atom stereocenters. The smallest absolute Gasteiger partial charge is 0.234 e. The predicted octanol–water partition coefficient (Wildman–Crippen LogP) is 1.32. The van der Waals surface area contributed by atoms with E-state index in [2.05, 4.69) is 22.3 Å². The van der Waals surface area contributed by atoms with Crippen molar-refractivity contribution in [3.05, 3.63) is 35.9 Å². The first kappa shape index (κ1) is 12.4. The fraction of sp³-hybridized carbons (Fsp3) is 0.467. The van der Waals surface area contributed by atoms with E-state index in [-0.39, 0.29) is 11.8 Å². The molecule has 19 heavy (non-hydrogen) atoms. The number of carbonyl (C=O) groups is 2. The van der Waals surface area contributed by atoms with Crippen LogP contribution >= 0.6 is 0 Å². The lowest BCUT2D eigenvalue weighted by Crippen LogP contribution is -2.46. The van der Waals surface area contributed by atoms with Crippen LogP contribution in [0.2, 0.25) is 0 Å². The lowest BCUT2D eigenvalue weighted by Gasteiger charge is -2.37. The number of hydrogen-bond donors (Lipinski definition) is 1. The van der Waals surface area contributed by atoms with Gasteiger partial charge in [0.2, 0.25) is 11.8 Å². The molecule has 100 valence electrons. The molecular weight excluding hydrogens is 240 g/mol. The fourth-order valence-corrected chi connectivity index (χ4v) is 3.22. The quantitative estimate of drug-likeness (QED) is 0.814. The SMILES string of the molecule is O=C1C[C@@]2(CCCN(Cc3ccccc3)C2)C(=O)N1. The number of likely N-dealkylation sites (tertiary alicyclic amines) is 1. The first-order chi connectivity index (χ1) is 9.18. The molecule has 3 rings (SSSR count). The van der Waals surface area contributed by atoms with Crippen LogP contribution in [-0.4, -0.2) is 29.8 Å². The van der Waals surface area contributed by atoms with Crippen molar-refractivity contribution in [2.75, 3.05) is 13.1 Å². The summed E-state index contributed by atoms with van der Waals surface area (Å²) in [5, 5.41) is 2.46. The van der Waals surface area contributed by atoms with Gasteiger partial charge in [0.25, 0.3) is 0 Å². The minimum absolute atomic E-state index is 0.0738. The van der Waals surface area contributed by atoms with Crippen LogP contribution in [0.1, 0.15) is 24.8 Å². The highest BCUT2D eigenvalue weighted by molar-refractivity contribution is 6.06. The van der Waals surface area contributed by atoms with Crippen LogP contribution in [-0.2, 0) is 16.1 Å². The molecule has 4 nitrogen and oxygen atoms in total. The zero-order valence-electron chi connectivity index (χ0n) is 10.9. The number of amides is 2. The summed E-state index contributed by atoms with van der Waals surface area (Å²) >= 11 is 0. The summed E-state index contributed by atoms with van der Waals surface area (Å²) in [4.78, 5) is 25.7. The number of benzene rings is 1. The third-order valence-corrected chi connectivity index (χ3v) is 4.14. The molecule has 1 N–H and O–H groups in total. The maximum atomic E-state index is 12.0. The number of piperidine rings is 1. The number of carbonyl (C=O) groups excluding carboxylic acids is 2. The minimum atomic E-state index is -0.468. The molecule has 2 aliphatic rings. The van der Waals surface area contributed by atoms with Crippen molar-refractivity contribution in [1.82, 2.24) is 10.2 Å². The van der Waals surface area contributed by atoms with Crippen molar-refractivity contribution in [2.45, 2.75) is 25.8 Å². The van der Waals surface area contributed by atoms with E-state index in [1.54, 1.807) is 0 Å². The summed E-state index contributed by atoms with van der Waals surface area (Å²) in [6.07, 6.45) is 2.17. The Kier molecular flexibility index (Phi) is 3.11. The Labute approximate surface area is 112 Å². The van der Waals surface area contributed by atoms with E-state index in [4.69, 9.17) is 0 Å². The summed E-state index contributed by atoms with van der Waals surface area (Å²) in [6, 6.07) is 10.3. The maximum Gasteiger partial charge on any atom is 0.234 e. The molecule has 2 heterocycles. The normalized spacial score (nSPS) is 27.8. The lowest BCUT2D eigenvalue weighted by molar-refractivity contribution is -0.131. The van der Waals surface area contributed by atoms with E-state index in [1.807, 2.05) is 18.2 Å². The van der Waals surface area contributed by atoms with E-state index < -0.39 is 5.41 Å². The summed E-state index contributed by atoms with van der Waals surface area (Å²) in [6.45, 7) is 2.54. The Balaban J connectivity index is 1.72. The minimum Gasteiger partial charge on any atom is -0.298 e. The van der Waals surface area contributed by atoms with Crippen molar-refractivity contribution in [2.24, 2.45) is 5.41 Å². The number of nitrogens with one attached hydrogen (secondary N) is 1. The van der Waals surface area contributed by atoms with Gasteiger partial charge in [0, 0.05) is 19.5 Å². The molecule has 4 heteroatoms. The molecule has 0 radical (unpaired) electrons. The van der Waals surface area contributed by atoms with Crippen LogP contribution in [0.3, 0.4) is 0 Å². The van der Waals surface area contributed by atoms with E-state index in [0.717, 1.165) is 25.9 Å². The van der Waals surface area contributed by atoms with Crippen LogP contribution in [0.15, 0.2) is 30.3 Å². The largest absolute Gasteiger partial charge is 0.298 e. The van der Waals surface area contributed by atoms with Gasteiger partial charge in [0.15, 0.2) is 0 Å². The molecule has 0 saturated carbocycles. The summed E-state index contributed by atoms with van der Waals surface area (Å²) in [7, 11) is 0. The average molecular weight is 258 g/mol. The zero-order chi connectivity index (χ0) is 13.3. The van der Waals surface area contributed by atoms with Crippen molar-refractivity contribution >= 4 is 11.8 Å². The Morgan fingerprint density at radius 1 is 1.21 bits per heavy atom. The molecule has 1 aromatic carbocycles. The molecule has 1 spiro atoms. The molecule has 0 bridgehead atoms. The van der Waals surface area contributed by atoms with E-state index in [9.17, 15) is 9.59 Å².